The summed E-state index contributed by atoms with van der Waals surface area (Å²) < 4.78 is 0. The maximum Gasteiger partial charge on any atom is 0.246 e. The quantitative estimate of drug-likeness (QED) is 0.0297. The van der Waals surface area contributed by atoms with E-state index >= 15 is 19.2 Å². The molecular weight excluding hydrogens is 1690 g/mol. The highest BCUT2D eigenvalue weighted by atomic mass is 32.2. The molecule has 0 bridgehead atoms. The number of imidazole rings is 1. The van der Waals surface area contributed by atoms with E-state index < -0.39 is 229 Å². The maximum absolute atomic E-state index is 15.6. The number of aromatic amines is 3. The molecule has 2 aliphatic heterocycles. The molecule has 0 radical (unpaired) electrons. The number of unbranched alkanes of at least 4 members (excludes halogenated alkanes) is 2. The van der Waals surface area contributed by atoms with Gasteiger partial charge in [-0.05, 0) is 73.8 Å². The fourth-order valence-electron chi connectivity index (χ4n) is 15.4. The molecule has 0 unspecified atom stereocenters. The lowest BCUT2D eigenvalue weighted by atomic mass is 10.00. The molecule has 2 fully saturated rings. The van der Waals surface area contributed by atoms with Gasteiger partial charge in [-0.1, -0.05) is 120 Å². The molecule has 18 amide bonds. The Kier molecular flexibility index (Phi) is 38.1. The maximum atomic E-state index is 15.6. The van der Waals surface area contributed by atoms with Gasteiger partial charge in [0.2, 0.25) is 106 Å². The van der Waals surface area contributed by atoms with E-state index in [1.165, 1.54) is 47.6 Å². The van der Waals surface area contributed by atoms with Gasteiger partial charge in [0.05, 0.1) is 44.6 Å². The van der Waals surface area contributed by atoms with Crippen LogP contribution in [0.2, 0.25) is 0 Å². The lowest BCUT2D eigenvalue weighted by Gasteiger charge is -2.36. The average molecular weight is 1810 g/mol. The predicted molar refractivity (Wildman–Crippen MR) is 474 cm³/mol. The third-order valence-electron chi connectivity index (χ3n) is 22.6. The van der Waals surface area contributed by atoms with Crippen LogP contribution in [0, 0.1) is 5.92 Å². The number of nitrogens with one attached hydrogen (secondary N) is 13. The molecule has 20 N–H and O–H groups in total. The number of likely N-dealkylation sites (N-methyl/N-ethyl adjacent to an activating group) is 4. The minimum Gasteiger partial charge on any atom is -0.394 e. The van der Waals surface area contributed by atoms with E-state index in [2.05, 4.69) is 73.1 Å². The number of hydrogen-bond donors (Lipinski definition) is 17. The number of amides is 18. The number of hydrogen-bond acceptors (Lipinski definition) is 21. The van der Waals surface area contributed by atoms with Crippen molar-refractivity contribution in [1.29, 1.82) is 0 Å². The largest absolute Gasteiger partial charge is 0.394 e. The van der Waals surface area contributed by atoms with Gasteiger partial charge in [-0.2, -0.15) is 0 Å². The Hall–Kier alpha value is -13.3. The van der Waals surface area contributed by atoms with Crippen LogP contribution in [0.3, 0.4) is 0 Å². The fraction of sp³-hybridized carbons (Fsp3) is 0.506. The van der Waals surface area contributed by atoms with Crippen molar-refractivity contribution in [3.63, 3.8) is 0 Å². The van der Waals surface area contributed by atoms with Crippen LogP contribution < -0.4 is 70.4 Å². The normalized spacial score (nSPS) is 23.8. The van der Waals surface area contributed by atoms with Crippen molar-refractivity contribution in [2.45, 2.75) is 209 Å². The number of carbonyl (C=O) groups is 18. The molecule has 698 valence electrons. The van der Waals surface area contributed by atoms with Crippen molar-refractivity contribution in [3.8, 4) is 0 Å². The molecule has 3 aromatic carbocycles. The summed E-state index contributed by atoms with van der Waals surface area (Å²) in [5.74, 6) is -18.6. The van der Waals surface area contributed by atoms with Crippen LogP contribution in [0.4, 0.5) is 0 Å². The number of thioether (sulfide) groups is 1. The lowest BCUT2D eigenvalue weighted by Crippen LogP contribution is -2.61. The summed E-state index contributed by atoms with van der Waals surface area (Å²) >= 11 is 0.740. The first kappa shape index (κ1) is 101. The first-order valence-corrected chi connectivity index (χ1v) is 44.1. The Bertz CT molecular complexity index is 4990. The number of primary amides is 3. The first-order chi connectivity index (χ1) is 61.4. The van der Waals surface area contributed by atoms with Crippen molar-refractivity contribution in [2.24, 2.45) is 23.1 Å². The molecule has 3 aromatic heterocycles. The van der Waals surface area contributed by atoms with Gasteiger partial charge in [0.15, 0.2) is 0 Å². The molecule has 13 atom stereocenters. The highest BCUT2D eigenvalue weighted by Gasteiger charge is 2.44. The summed E-state index contributed by atoms with van der Waals surface area (Å²) in [4.78, 5) is 278. The molecule has 0 aliphatic carbocycles. The van der Waals surface area contributed by atoms with Crippen LogP contribution in [0.25, 0.3) is 21.8 Å². The third-order valence-corrected chi connectivity index (χ3v) is 23.6. The molecule has 42 heteroatoms. The smallest absolute Gasteiger partial charge is 0.246 e. The van der Waals surface area contributed by atoms with Crippen LogP contribution in [0.5, 0.6) is 0 Å². The number of aliphatic hydroxyl groups is 1. The number of benzene rings is 3. The molecule has 2 aliphatic rings. The summed E-state index contributed by atoms with van der Waals surface area (Å²) in [5.41, 5.74) is 20.0. The van der Waals surface area contributed by atoms with Gasteiger partial charge in [-0.15, -0.1) is 11.8 Å². The van der Waals surface area contributed by atoms with Crippen LogP contribution in [-0.4, -0.2) is 300 Å². The number of aliphatic hydroxyl groups excluding tert-OH is 1. The number of aromatic nitrogens is 4. The Morgan fingerprint density at radius 3 is 1.62 bits per heavy atom. The van der Waals surface area contributed by atoms with Crippen LogP contribution >= 0.6 is 11.8 Å². The molecule has 2 saturated heterocycles. The minimum absolute atomic E-state index is 0.0100. The standard InChI is InChI=1S/C87H120N22O19S/c1-10-12-28-67-81(122)99-60(37-70(88)111)79(120)104-66(76(117)94-42-72(90)113)45-129-46-74(115)97-62(33-50-22-15-14-16-23-50)84(125)106(7)49(5)75(116)100-64(38-71(89)112)86(127)109-31-21-30-68(109)82(123)98-59(36-53-41-91-47-95-53)78(119)101-61(32-48(3)4)83(124)105(6)43-73(114)96-58(34-51-39-92-56-26-19-17-24-54(51)56)77(118)103-65(44-110)80(121)102-63(35-52-40-93-57-27-20-18-25-55(52)57)85(126)108(9)69(29-13-11-2)87(128)107(67)8/h14-20,22-27,39-41,47-49,58-69,92-93,110H,10-13,21,28-38,42-46H2,1-9H3,(H2,88,111)(H2,89,112)(H2,90,113)(H,91,95)(H,94,117)(H,96,114)(H,97,115)(H,98,123)(H,99,122)(H,100,116)(H,101,119)(H,102,121)(H,103,118)(H,104,120)/t49-,58-,59-,60-,61-,62-,63-,64-,65-,66-,67-,68-,69-/m0/s1. The Labute approximate surface area is 750 Å². The van der Waals surface area contributed by atoms with Gasteiger partial charge in [-0.25, -0.2) is 4.98 Å². The number of H-pyrrole nitrogens is 3. The Morgan fingerprint density at radius 2 is 1.03 bits per heavy atom. The van der Waals surface area contributed by atoms with E-state index in [-0.39, 0.29) is 76.7 Å². The molecule has 6 aromatic rings. The van der Waals surface area contributed by atoms with Crippen LogP contribution in [0.15, 0.2) is 104 Å². The number of rotatable bonds is 24. The summed E-state index contributed by atoms with van der Waals surface area (Å²) in [6.45, 7) is 5.79. The summed E-state index contributed by atoms with van der Waals surface area (Å²) in [7, 11) is 5.14. The first-order valence-electron chi connectivity index (χ1n) is 42.9. The molecule has 0 saturated carbocycles. The number of fused-ring (bicyclic) bond motifs is 3. The van der Waals surface area contributed by atoms with E-state index in [0.29, 0.717) is 63.5 Å². The van der Waals surface area contributed by atoms with Gasteiger partial charge in [-0.3, -0.25) is 86.3 Å². The van der Waals surface area contributed by atoms with E-state index in [4.69, 9.17) is 17.2 Å². The van der Waals surface area contributed by atoms with E-state index in [0.717, 1.165) is 36.3 Å². The summed E-state index contributed by atoms with van der Waals surface area (Å²) in [6.07, 6.45) is 4.95. The summed E-state index contributed by atoms with van der Waals surface area (Å²) in [5, 5.41) is 38.3. The predicted octanol–water partition coefficient (Wildman–Crippen LogP) is -2.53. The number of nitrogens with zero attached hydrogens (tertiary/aromatic N) is 6. The van der Waals surface area contributed by atoms with Crippen molar-refractivity contribution >= 4 is 140 Å². The van der Waals surface area contributed by atoms with Crippen molar-refractivity contribution in [3.05, 3.63) is 126 Å². The zero-order chi connectivity index (χ0) is 94.5. The number of nitrogens with two attached hydrogens (primary N) is 3. The molecule has 0 spiro atoms. The highest BCUT2D eigenvalue weighted by molar-refractivity contribution is 8.00. The molecule has 5 heterocycles. The topological polar surface area (TPSA) is 602 Å². The second-order valence-electron chi connectivity index (χ2n) is 32.8. The second kappa shape index (κ2) is 48.6. The third kappa shape index (κ3) is 28.9. The monoisotopic (exact) mass is 1810 g/mol. The van der Waals surface area contributed by atoms with E-state index in [9.17, 15) is 72.2 Å². The highest BCUT2D eigenvalue weighted by Crippen LogP contribution is 2.26. The lowest BCUT2D eigenvalue weighted by molar-refractivity contribution is -0.149. The average Bonchev–Trinajstić information content (AvgIpc) is 1.39. The van der Waals surface area contributed by atoms with Crippen molar-refractivity contribution in [2.75, 3.05) is 65.9 Å². The SMILES string of the molecule is CCCC[C@H]1C(=O)N(C)[C@@H](CCCC)C(=O)N[C@@H](CC(N)=O)C(=O)N[C@H](C(=O)NCC(N)=O)CSCC(=O)N[C@@H](Cc2ccccc2)C(=O)N(C)[C@@H](C)C(=O)N[C@@H](CC(N)=O)C(=O)N2CCC[C@H]2C(=O)N[C@@H](Cc2cnc[nH]2)C(=O)N[C@@H](CC(C)C)C(=O)N(C)CC(=O)N[C@@H](Cc2c[nH]c3ccccc23)C(=O)N[C@@H](CO)C(=O)N[C@@H](Cc2c[nH]c3ccccc23)C(=O)N1C. The van der Waals surface area contributed by atoms with Gasteiger partial charge in [0.1, 0.15) is 78.5 Å². The number of para-hydroxylation sites is 2. The Balaban J connectivity index is 1.17. The summed E-state index contributed by atoms with van der Waals surface area (Å²) in [6, 6.07) is 2.14. The van der Waals surface area contributed by atoms with Crippen LogP contribution in [0.1, 0.15) is 128 Å². The van der Waals surface area contributed by atoms with Crippen molar-refractivity contribution in [1.82, 2.24) is 97.6 Å². The van der Waals surface area contributed by atoms with Gasteiger partial charge >= 0.3 is 0 Å². The second-order valence-corrected chi connectivity index (χ2v) is 33.9. The number of carbonyl (C=O) groups excluding carboxylic acids is 18. The fourth-order valence-corrected chi connectivity index (χ4v) is 16.3. The van der Waals surface area contributed by atoms with E-state index in [1.54, 1.807) is 112 Å². The molecular formula is C87H120N22O19S. The molecule has 129 heavy (non-hydrogen) atoms. The van der Waals surface area contributed by atoms with E-state index in [1.807, 2.05) is 6.92 Å². The zero-order valence-corrected chi connectivity index (χ0v) is 74.7. The van der Waals surface area contributed by atoms with Gasteiger partial charge in [0, 0.05) is 112 Å². The van der Waals surface area contributed by atoms with Crippen LogP contribution in [-0.2, 0) is 112 Å². The minimum atomic E-state index is -1.88. The van der Waals surface area contributed by atoms with Crippen molar-refractivity contribution < 1.29 is 91.4 Å². The molecule has 8 rings (SSSR count). The zero-order valence-electron chi connectivity index (χ0n) is 73.9. The van der Waals surface area contributed by atoms with Gasteiger partial charge in [0.25, 0.3) is 0 Å². The van der Waals surface area contributed by atoms with Gasteiger partial charge < -0.3 is 115 Å². The Morgan fingerprint density at radius 1 is 0.519 bits per heavy atom. The molecule has 41 nitrogen and oxygen atoms in total.